The van der Waals surface area contributed by atoms with Crippen molar-refractivity contribution in [3.63, 3.8) is 0 Å². The van der Waals surface area contributed by atoms with Gasteiger partial charge in [-0.2, -0.15) is 0 Å². The van der Waals surface area contributed by atoms with E-state index in [2.05, 4.69) is 47.6 Å². The van der Waals surface area contributed by atoms with Crippen LogP contribution in [0.1, 0.15) is 0 Å². The highest BCUT2D eigenvalue weighted by atomic mass is 16.6. The standard InChI is InChI=1S/C29H40N4O16/c1-5-21(34)42-13-9-30-25(38)46-17-29(18-47-26(39)31-10-14-43-22(35)6-2,19-48-27(40)32-11-15-44-23(36)7-3)20-49-28(41)33-12-16-45-24(37)8-4/h5-8H,1-4,9-20H2,(H,30,38)(H,31,39)(H,32,40)(H,33,41). The number of hydrogen-bond donors (Lipinski definition) is 4. The molecule has 0 spiro atoms. The number of nitrogens with one attached hydrogen (secondary N) is 4. The number of carbonyl (C=O) groups excluding carboxylic acids is 8. The van der Waals surface area contributed by atoms with Crippen molar-refractivity contribution in [3.8, 4) is 0 Å². The normalized spacial score (nSPS) is 9.96. The maximum absolute atomic E-state index is 12.4. The quantitative estimate of drug-likeness (QED) is 0.0440. The smallest absolute Gasteiger partial charge is 0.407 e. The van der Waals surface area contributed by atoms with Gasteiger partial charge in [-0.3, -0.25) is 0 Å². The first-order chi connectivity index (χ1) is 23.4. The molecule has 0 unspecified atom stereocenters. The minimum atomic E-state index is -1.75. The molecule has 0 saturated carbocycles. The summed E-state index contributed by atoms with van der Waals surface area (Å²) in [5.41, 5.74) is -1.75. The van der Waals surface area contributed by atoms with E-state index in [0.29, 0.717) is 0 Å². The fourth-order valence-corrected chi connectivity index (χ4v) is 2.78. The Balaban J connectivity index is 5.70. The first-order valence-corrected chi connectivity index (χ1v) is 14.2. The van der Waals surface area contributed by atoms with E-state index in [1.54, 1.807) is 0 Å². The number of carbonyl (C=O) groups is 8. The highest BCUT2D eigenvalue weighted by Gasteiger charge is 2.38. The van der Waals surface area contributed by atoms with Crippen LogP contribution in [0.2, 0.25) is 0 Å². The summed E-state index contributed by atoms with van der Waals surface area (Å²) in [5, 5.41) is 9.18. The molecular formula is C29H40N4O16. The second-order valence-electron chi connectivity index (χ2n) is 9.00. The minimum absolute atomic E-state index is 0.175. The first kappa shape index (κ1) is 42.9. The average molecular weight is 701 g/mol. The van der Waals surface area contributed by atoms with Crippen LogP contribution in [0, 0.1) is 5.41 Å². The Hall–Kier alpha value is -6.08. The molecule has 49 heavy (non-hydrogen) atoms. The van der Waals surface area contributed by atoms with Gasteiger partial charge in [0.2, 0.25) is 0 Å². The predicted octanol–water partition coefficient (Wildman–Crippen LogP) is -0.206. The van der Waals surface area contributed by atoms with Crippen LogP contribution in [0.25, 0.3) is 0 Å². The zero-order chi connectivity index (χ0) is 36.9. The van der Waals surface area contributed by atoms with Gasteiger partial charge in [0.1, 0.15) is 58.3 Å². The van der Waals surface area contributed by atoms with Crippen molar-refractivity contribution in [2.45, 2.75) is 0 Å². The Labute approximate surface area is 281 Å². The zero-order valence-electron chi connectivity index (χ0n) is 26.7. The van der Waals surface area contributed by atoms with Crippen LogP contribution in [0.3, 0.4) is 0 Å². The largest absolute Gasteiger partial charge is 0.461 e. The molecule has 4 N–H and O–H groups in total. The predicted molar refractivity (Wildman–Crippen MR) is 164 cm³/mol. The lowest BCUT2D eigenvalue weighted by Gasteiger charge is -2.31. The van der Waals surface area contributed by atoms with Crippen molar-refractivity contribution in [2.75, 3.05) is 79.0 Å². The number of rotatable bonds is 24. The van der Waals surface area contributed by atoms with Gasteiger partial charge >= 0.3 is 48.3 Å². The van der Waals surface area contributed by atoms with E-state index in [4.69, 9.17) is 37.9 Å². The van der Waals surface area contributed by atoms with Crippen LogP contribution in [0.15, 0.2) is 50.6 Å². The molecule has 0 aromatic rings. The van der Waals surface area contributed by atoms with Gasteiger partial charge in [-0.15, -0.1) is 0 Å². The van der Waals surface area contributed by atoms with E-state index in [0.717, 1.165) is 24.3 Å². The molecule has 0 saturated heterocycles. The van der Waals surface area contributed by atoms with Gasteiger partial charge in [0.25, 0.3) is 0 Å². The van der Waals surface area contributed by atoms with E-state index >= 15 is 0 Å². The number of alkyl carbamates (subject to hydrolysis) is 4. The summed E-state index contributed by atoms with van der Waals surface area (Å²) in [6.07, 6.45) is -0.502. The molecule has 0 radical (unpaired) electrons. The van der Waals surface area contributed by atoms with E-state index in [9.17, 15) is 38.4 Å². The molecule has 0 heterocycles. The SMILES string of the molecule is C=CC(=O)OCCNC(=O)OCC(COC(=O)NCCOC(=O)C=C)(COC(=O)NCCOC(=O)C=C)COC(=O)NCCOC(=O)C=C. The van der Waals surface area contributed by atoms with Gasteiger partial charge in [-0.05, 0) is 0 Å². The minimum Gasteiger partial charge on any atom is -0.461 e. The van der Waals surface area contributed by atoms with E-state index in [1.165, 1.54) is 0 Å². The lowest BCUT2D eigenvalue weighted by atomic mass is 9.92. The molecule has 0 bridgehead atoms. The van der Waals surface area contributed by atoms with Crippen LogP contribution in [0.4, 0.5) is 19.2 Å². The summed E-state index contributed by atoms with van der Waals surface area (Å²) in [5.74, 6) is -2.92. The molecule has 0 rings (SSSR count). The van der Waals surface area contributed by atoms with E-state index in [1.807, 2.05) is 0 Å². The molecular weight excluding hydrogens is 660 g/mol. The lowest BCUT2D eigenvalue weighted by molar-refractivity contribution is -0.138. The van der Waals surface area contributed by atoms with Crippen LogP contribution >= 0.6 is 0 Å². The fraction of sp³-hybridized carbons (Fsp3) is 0.448. The molecule has 0 aromatic heterocycles. The second kappa shape index (κ2) is 26.0. The molecule has 0 aromatic carbocycles. The summed E-state index contributed by atoms with van der Waals surface area (Å²) in [7, 11) is 0. The van der Waals surface area contributed by atoms with Crippen molar-refractivity contribution in [3.05, 3.63) is 50.6 Å². The number of hydrogen-bond acceptors (Lipinski definition) is 16. The Morgan fingerprint density at radius 2 is 0.592 bits per heavy atom. The third-order valence-electron chi connectivity index (χ3n) is 5.17. The zero-order valence-corrected chi connectivity index (χ0v) is 26.7. The lowest BCUT2D eigenvalue weighted by Crippen LogP contribution is -2.47. The Bertz CT molecular complexity index is 1010. The first-order valence-electron chi connectivity index (χ1n) is 14.2. The van der Waals surface area contributed by atoms with Crippen molar-refractivity contribution >= 4 is 48.3 Å². The molecule has 20 heteroatoms. The number of amides is 4. The van der Waals surface area contributed by atoms with Crippen LogP contribution in [-0.4, -0.2) is 127 Å². The third-order valence-corrected chi connectivity index (χ3v) is 5.17. The van der Waals surface area contributed by atoms with Crippen molar-refractivity contribution in [1.82, 2.24) is 21.3 Å². The molecule has 272 valence electrons. The molecule has 0 aliphatic heterocycles. The molecule has 0 atom stereocenters. The summed E-state index contributed by atoms with van der Waals surface area (Å²) in [6.45, 7) is 8.57. The summed E-state index contributed by atoms with van der Waals surface area (Å²) < 4.78 is 39.8. The van der Waals surface area contributed by atoms with Gasteiger partial charge in [-0.25, -0.2) is 38.4 Å². The highest BCUT2D eigenvalue weighted by Crippen LogP contribution is 2.21. The third kappa shape index (κ3) is 23.0. The van der Waals surface area contributed by atoms with Crippen molar-refractivity contribution in [2.24, 2.45) is 5.41 Å². The van der Waals surface area contributed by atoms with Crippen molar-refractivity contribution < 1.29 is 76.3 Å². The Kier molecular flexibility index (Phi) is 22.8. The van der Waals surface area contributed by atoms with Crippen LogP contribution < -0.4 is 21.3 Å². The number of esters is 4. The van der Waals surface area contributed by atoms with Crippen LogP contribution in [0.5, 0.6) is 0 Å². The molecule has 0 fully saturated rings. The van der Waals surface area contributed by atoms with Crippen LogP contribution in [-0.2, 0) is 57.1 Å². The maximum atomic E-state index is 12.4. The highest BCUT2D eigenvalue weighted by molar-refractivity contribution is 5.82. The van der Waals surface area contributed by atoms with E-state index < -0.39 is 80.1 Å². The molecule has 20 nitrogen and oxygen atoms in total. The topological polar surface area (TPSA) is 259 Å². The van der Waals surface area contributed by atoms with Gasteiger partial charge < -0.3 is 59.2 Å². The number of ether oxygens (including phenoxy) is 8. The maximum Gasteiger partial charge on any atom is 0.407 e. The monoisotopic (exact) mass is 700 g/mol. The summed E-state index contributed by atoms with van der Waals surface area (Å²) in [4.78, 5) is 94.2. The fourth-order valence-electron chi connectivity index (χ4n) is 2.78. The Morgan fingerprint density at radius 1 is 0.388 bits per heavy atom. The van der Waals surface area contributed by atoms with Gasteiger partial charge in [0.15, 0.2) is 0 Å². The van der Waals surface area contributed by atoms with Gasteiger partial charge in [0, 0.05) is 24.3 Å². The van der Waals surface area contributed by atoms with Gasteiger partial charge in [0.05, 0.1) is 26.2 Å². The van der Waals surface area contributed by atoms with E-state index in [-0.39, 0.29) is 52.6 Å². The average Bonchev–Trinajstić information content (AvgIpc) is 3.10. The molecule has 0 aliphatic carbocycles. The van der Waals surface area contributed by atoms with Crippen molar-refractivity contribution in [1.29, 1.82) is 0 Å². The summed E-state index contributed by atoms with van der Waals surface area (Å²) in [6, 6.07) is 0. The second-order valence-corrected chi connectivity index (χ2v) is 9.00. The van der Waals surface area contributed by atoms with Gasteiger partial charge in [-0.1, -0.05) is 26.3 Å². The summed E-state index contributed by atoms with van der Waals surface area (Å²) >= 11 is 0. The molecule has 4 amide bonds. The molecule has 0 aliphatic rings. The Morgan fingerprint density at radius 3 is 0.776 bits per heavy atom.